The third-order valence-corrected chi connectivity index (χ3v) is 6.32. The fourth-order valence-corrected chi connectivity index (χ4v) is 4.66. The van der Waals surface area contributed by atoms with Gasteiger partial charge in [-0.05, 0) is 30.0 Å². The Kier molecular flexibility index (Phi) is 5.29. The van der Waals surface area contributed by atoms with Crippen LogP contribution < -0.4 is 4.74 Å². The molecule has 0 saturated heterocycles. The second-order valence-electron chi connectivity index (χ2n) is 7.49. The molecule has 2 aromatic carbocycles. The van der Waals surface area contributed by atoms with Gasteiger partial charge in [0.2, 0.25) is 0 Å². The predicted octanol–water partition coefficient (Wildman–Crippen LogP) is 3.83. The van der Waals surface area contributed by atoms with Crippen LogP contribution in [0.4, 0.5) is 0 Å². The highest BCUT2D eigenvalue weighted by Crippen LogP contribution is 2.34. The summed E-state index contributed by atoms with van der Waals surface area (Å²) in [4.78, 5) is 4.65. The number of ether oxygens (including phenoxy) is 1. The molecule has 0 aromatic heterocycles. The summed E-state index contributed by atoms with van der Waals surface area (Å²) in [7, 11) is -3.79. The van der Waals surface area contributed by atoms with Gasteiger partial charge < -0.3 is 4.74 Å². The van der Waals surface area contributed by atoms with Crippen molar-refractivity contribution in [1.82, 2.24) is 4.31 Å². The number of nitrogens with zero attached hydrogens (tertiary/aromatic N) is 2. The molecular weight excluding hydrogens is 360 g/mol. The minimum atomic E-state index is -3.79. The van der Waals surface area contributed by atoms with Gasteiger partial charge in [0.1, 0.15) is 16.5 Å². The van der Waals surface area contributed by atoms with Crippen molar-refractivity contribution in [1.29, 1.82) is 0 Å². The smallest absolute Gasteiger partial charge is 0.269 e. The van der Waals surface area contributed by atoms with Crippen molar-refractivity contribution in [2.24, 2.45) is 4.99 Å². The van der Waals surface area contributed by atoms with Crippen LogP contribution >= 0.6 is 0 Å². The van der Waals surface area contributed by atoms with Crippen LogP contribution in [0, 0.1) is 0 Å². The number of rotatable bonds is 5. The summed E-state index contributed by atoms with van der Waals surface area (Å²) in [6.45, 7) is 9.21. The van der Waals surface area contributed by atoms with Crippen molar-refractivity contribution in [3.63, 3.8) is 0 Å². The first-order valence-electron chi connectivity index (χ1n) is 9.15. The van der Waals surface area contributed by atoms with Crippen LogP contribution in [0.15, 0.2) is 58.4 Å². The molecule has 0 bridgehead atoms. The zero-order valence-corrected chi connectivity index (χ0v) is 17.1. The number of hydrogen-bond acceptors (Lipinski definition) is 4. The Hall–Kier alpha value is -2.34. The van der Waals surface area contributed by atoms with E-state index in [0.717, 1.165) is 11.1 Å². The van der Waals surface area contributed by atoms with E-state index < -0.39 is 10.0 Å². The van der Waals surface area contributed by atoms with E-state index >= 15 is 0 Å². The molecule has 5 nitrogen and oxygen atoms in total. The average molecular weight is 387 g/mol. The second kappa shape index (κ2) is 7.35. The SMILES string of the molecule is CCOc1ccc(C(C)(C)C)cc1S(=O)(=O)N1CCN=C1c1ccccc1. The third kappa shape index (κ3) is 3.86. The van der Waals surface area contributed by atoms with E-state index in [1.807, 2.05) is 43.3 Å². The fraction of sp³-hybridized carbons (Fsp3) is 0.381. The lowest BCUT2D eigenvalue weighted by molar-refractivity contribution is 0.330. The lowest BCUT2D eigenvalue weighted by Gasteiger charge is -2.25. The van der Waals surface area contributed by atoms with Crippen LogP contribution in [0.3, 0.4) is 0 Å². The van der Waals surface area contributed by atoms with Crippen LogP contribution in [-0.2, 0) is 15.4 Å². The minimum Gasteiger partial charge on any atom is -0.492 e. The highest BCUT2D eigenvalue weighted by Gasteiger charge is 2.34. The quantitative estimate of drug-likeness (QED) is 0.785. The molecular formula is C21H26N2O3S. The van der Waals surface area contributed by atoms with Crippen molar-refractivity contribution in [3.8, 4) is 5.75 Å². The minimum absolute atomic E-state index is 0.170. The molecule has 0 radical (unpaired) electrons. The maximum Gasteiger partial charge on any atom is 0.269 e. The van der Waals surface area contributed by atoms with Gasteiger partial charge in [0, 0.05) is 5.56 Å². The Morgan fingerprint density at radius 2 is 1.81 bits per heavy atom. The Morgan fingerprint density at radius 1 is 1.11 bits per heavy atom. The lowest BCUT2D eigenvalue weighted by Crippen LogP contribution is -2.35. The summed E-state index contributed by atoms with van der Waals surface area (Å²) in [6, 6.07) is 14.8. The van der Waals surface area contributed by atoms with E-state index in [1.165, 1.54) is 4.31 Å². The molecule has 0 saturated carbocycles. The monoisotopic (exact) mass is 386 g/mol. The Morgan fingerprint density at radius 3 is 2.44 bits per heavy atom. The molecule has 0 atom stereocenters. The maximum absolute atomic E-state index is 13.6. The van der Waals surface area contributed by atoms with E-state index in [0.29, 0.717) is 31.3 Å². The molecule has 1 heterocycles. The molecule has 2 aromatic rings. The number of aliphatic imine (C=N–C) groups is 1. The molecule has 0 aliphatic carbocycles. The van der Waals surface area contributed by atoms with Crippen molar-refractivity contribution in [2.75, 3.05) is 19.7 Å². The first-order chi connectivity index (χ1) is 12.7. The molecule has 1 aliphatic rings. The number of amidine groups is 1. The molecule has 0 spiro atoms. The van der Waals surface area contributed by atoms with Crippen LogP contribution in [-0.4, -0.2) is 38.3 Å². The highest BCUT2D eigenvalue weighted by atomic mass is 32.2. The van der Waals surface area contributed by atoms with Gasteiger partial charge in [0.15, 0.2) is 0 Å². The van der Waals surface area contributed by atoms with Crippen LogP contribution in [0.5, 0.6) is 5.75 Å². The molecule has 6 heteroatoms. The number of benzene rings is 2. The fourth-order valence-electron chi connectivity index (χ4n) is 3.06. The van der Waals surface area contributed by atoms with Crippen LogP contribution in [0.2, 0.25) is 0 Å². The largest absolute Gasteiger partial charge is 0.492 e. The summed E-state index contributed by atoms with van der Waals surface area (Å²) in [6.07, 6.45) is 0. The summed E-state index contributed by atoms with van der Waals surface area (Å²) in [5, 5.41) is 0. The van der Waals surface area contributed by atoms with Crippen LogP contribution in [0.1, 0.15) is 38.8 Å². The predicted molar refractivity (Wildman–Crippen MR) is 108 cm³/mol. The standard InChI is InChI=1S/C21H26N2O3S/c1-5-26-18-12-11-17(21(2,3)4)15-19(18)27(24,25)23-14-13-22-20(23)16-9-7-6-8-10-16/h6-12,15H,5,13-14H2,1-4H3. The number of hydrogen-bond donors (Lipinski definition) is 0. The zero-order chi connectivity index (χ0) is 19.7. The first-order valence-corrected chi connectivity index (χ1v) is 10.6. The molecule has 0 fully saturated rings. The van der Waals surface area contributed by atoms with Gasteiger partial charge in [-0.1, -0.05) is 57.2 Å². The molecule has 27 heavy (non-hydrogen) atoms. The van der Waals surface area contributed by atoms with Crippen molar-refractivity contribution < 1.29 is 13.2 Å². The summed E-state index contributed by atoms with van der Waals surface area (Å²) < 4.78 is 34.2. The van der Waals surface area contributed by atoms with E-state index in [1.54, 1.807) is 12.1 Å². The molecule has 3 rings (SSSR count). The van der Waals surface area contributed by atoms with Gasteiger partial charge in [-0.3, -0.25) is 4.99 Å². The van der Waals surface area contributed by atoms with Gasteiger partial charge in [-0.2, -0.15) is 0 Å². The topological polar surface area (TPSA) is 59.0 Å². The average Bonchev–Trinajstić information content (AvgIpc) is 3.13. The van der Waals surface area contributed by atoms with Gasteiger partial charge in [0.05, 0.1) is 19.7 Å². The van der Waals surface area contributed by atoms with Crippen molar-refractivity contribution in [2.45, 2.75) is 38.0 Å². The third-order valence-electron chi connectivity index (χ3n) is 4.51. The second-order valence-corrected chi connectivity index (χ2v) is 9.32. The molecule has 1 aliphatic heterocycles. The van der Waals surface area contributed by atoms with Crippen LogP contribution in [0.25, 0.3) is 0 Å². The summed E-state index contributed by atoms with van der Waals surface area (Å²) in [5.41, 5.74) is 1.57. The van der Waals surface area contributed by atoms with E-state index in [-0.39, 0.29) is 10.3 Å². The van der Waals surface area contributed by atoms with E-state index in [4.69, 9.17) is 4.74 Å². The lowest BCUT2D eigenvalue weighted by atomic mass is 9.87. The molecule has 0 N–H and O–H groups in total. The summed E-state index contributed by atoms with van der Waals surface area (Å²) in [5.74, 6) is 0.865. The van der Waals surface area contributed by atoms with Gasteiger partial charge in [-0.15, -0.1) is 0 Å². The Labute approximate surface area is 161 Å². The first kappa shape index (κ1) is 19.4. The zero-order valence-electron chi connectivity index (χ0n) is 16.3. The number of sulfonamides is 1. The summed E-state index contributed by atoms with van der Waals surface area (Å²) >= 11 is 0. The van der Waals surface area contributed by atoms with Gasteiger partial charge in [-0.25, -0.2) is 12.7 Å². The van der Waals surface area contributed by atoms with E-state index in [9.17, 15) is 8.42 Å². The van der Waals surface area contributed by atoms with Crippen molar-refractivity contribution >= 4 is 15.9 Å². The Bertz CT molecular complexity index is 945. The molecule has 0 unspecified atom stereocenters. The maximum atomic E-state index is 13.6. The highest BCUT2D eigenvalue weighted by molar-refractivity contribution is 7.89. The molecule has 144 valence electrons. The van der Waals surface area contributed by atoms with E-state index in [2.05, 4.69) is 25.8 Å². The molecule has 0 amide bonds. The van der Waals surface area contributed by atoms with Crippen molar-refractivity contribution in [3.05, 3.63) is 59.7 Å². The normalized spacial score (nSPS) is 15.0. The van der Waals surface area contributed by atoms with Gasteiger partial charge >= 0.3 is 0 Å². The Balaban J connectivity index is 2.10. The van der Waals surface area contributed by atoms with Gasteiger partial charge in [0.25, 0.3) is 10.0 Å².